The third-order valence-corrected chi connectivity index (χ3v) is 4.41. The molecule has 1 aromatic rings. The van der Waals surface area contributed by atoms with Gasteiger partial charge in [-0.15, -0.1) is 11.3 Å². The average Bonchev–Trinajstić information content (AvgIpc) is 2.88. The van der Waals surface area contributed by atoms with E-state index in [1.165, 1.54) is 0 Å². The van der Waals surface area contributed by atoms with Crippen molar-refractivity contribution in [3.8, 4) is 6.07 Å². The molecule has 1 fully saturated rings. The summed E-state index contributed by atoms with van der Waals surface area (Å²) in [7, 11) is 0. The van der Waals surface area contributed by atoms with Gasteiger partial charge in [0.2, 0.25) is 0 Å². The second-order valence-corrected chi connectivity index (χ2v) is 5.78. The maximum Gasteiger partial charge on any atom is 0.100 e. The van der Waals surface area contributed by atoms with Crippen LogP contribution in [0.3, 0.4) is 0 Å². The summed E-state index contributed by atoms with van der Waals surface area (Å²) in [5.74, 6) is 0. The molecule has 0 atom stereocenters. The van der Waals surface area contributed by atoms with Crippen molar-refractivity contribution in [2.45, 2.75) is 19.4 Å². The van der Waals surface area contributed by atoms with Crippen LogP contribution in [0.4, 0.5) is 0 Å². The highest BCUT2D eigenvalue weighted by molar-refractivity contribution is 7.10. The molecule has 0 bridgehead atoms. The molecule has 18 heavy (non-hydrogen) atoms. The van der Waals surface area contributed by atoms with E-state index in [4.69, 9.17) is 10.00 Å². The molecule has 0 amide bonds. The first-order chi connectivity index (χ1) is 8.78. The second-order valence-electron chi connectivity index (χ2n) is 4.79. The number of aliphatic hydroxyl groups is 1. The lowest BCUT2D eigenvalue weighted by Gasteiger charge is -2.35. The Balaban J connectivity index is 1.81. The number of thiophene rings is 1. The van der Waals surface area contributed by atoms with Crippen molar-refractivity contribution in [3.63, 3.8) is 0 Å². The predicted octanol–water partition coefficient (Wildman–Crippen LogP) is 1.50. The topological polar surface area (TPSA) is 65.3 Å². The Kier molecular flexibility index (Phi) is 4.72. The van der Waals surface area contributed by atoms with Crippen molar-refractivity contribution in [1.29, 1.82) is 5.26 Å². The lowest BCUT2D eigenvalue weighted by atomic mass is 9.81. The Morgan fingerprint density at radius 2 is 2.28 bits per heavy atom. The van der Waals surface area contributed by atoms with Crippen molar-refractivity contribution in [2.75, 3.05) is 26.4 Å². The van der Waals surface area contributed by atoms with E-state index >= 15 is 0 Å². The summed E-state index contributed by atoms with van der Waals surface area (Å²) in [6.45, 7) is 3.23. The summed E-state index contributed by atoms with van der Waals surface area (Å²) in [5, 5.41) is 23.5. The van der Waals surface area contributed by atoms with E-state index in [1.807, 2.05) is 11.4 Å². The van der Waals surface area contributed by atoms with E-state index in [-0.39, 0.29) is 12.0 Å². The normalized spacial score (nSPS) is 18.4. The summed E-state index contributed by atoms with van der Waals surface area (Å²) < 4.78 is 5.34. The molecule has 98 valence electrons. The summed E-state index contributed by atoms with van der Waals surface area (Å²) in [6, 6.07) is 4.04. The van der Waals surface area contributed by atoms with Crippen molar-refractivity contribution in [3.05, 3.63) is 21.9 Å². The number of nitrogens with zero attached hydrogens (tertiary/aromatic N) is 1. The predicted molar refractivity (Wildman–Crippen MR) is 70.3 cm³/mol. The molecule has 0 unspecified atom stereocenters. The average molecular weight is 266 g/mol. The van der Waals surface area contributed by atoms with Crippen LogP contribution in [-0.4, -0.2) is 31.5 Å². The first-order valence-corrected chi connectivity index (χ1v) is 7.03. The van der Waals surface area contributed by atoms with E-state index in [9.17, 15) is 5.11 Å². The molecule has 1 aromatic heterocycles. The lowest BCUT2D eigenvalue weighted by molar-refractivity contribution is -0.0153. The molecule has 1 aliphatic rings. The Labute approximate surface area is 111 Å². The minimum absolute atomic E-state index is 0.0342. The molecule has 0 spiro atoms. The van der Waals surface area contributed by atoms with Crippen LogP contribution in [0, 0.1) is 16.7 Å². The van der Waals surface area contributed by atoms with Crippen molar-refractivity contribution >= 4 is 11.3 Å². The Morgan fingerprint density at radius 1 is 1.50 bits per heavy atom. The van der Waals surface area contributed by atoms with Gasteiger partial charge in [0, 0.05) is 42.0 Å². The van der Waals surface area contributed by atoms with Gasteiger partial charge >= 0.3 is 0 Å². The summed E-state index contributed by atoms with van der Waals surface area (Å²) in [5.41, 5.74) is 0.688. The summed E-state index contributed by atoms with van der Waals surface area (Å²) in [6.07, 6.45) is 1.81. The van der Waals surface area contributed by atoms with E-state index in [2.05, 4.69) is 11.4 Å². The number of aliphatic hydroxyl groups excluding tert-OH is 1. The van der Waals surface area contributed by atoms with E-state index in [1.54, 1.807) is 11.3 Å². The number of ether oxygens (including phenoxy) is 1. The Bertz CT molecular complexity index is 419. The van der Waals surface area contributed by atoms with Gasteiger partial charge in [-0.05, 0) is 18.9 Å². The molecule has 0 radical (unpaired) electrons. The van der Waals surface area contributed by atoms with Crippen molar-refractivity contribution in [1.82, 2.24) is 5.32 Å². The van der Waals surface area contributed by atoms with Crippen LogP contribution in [0.15, 0.2) is 11.4 Å². The molecule has 2 rings (SSSR count). The highest BCUT2D eigenvalue weighted by Gasteiger charge is 2.31. The van der Waals surface area contributed by atoms with E-state index < -0.39 is 0 Å². The quantitative estimate of drug-likeness (QED) is 0.847. The van der Waals surface area contributed by atoms with E-state index in [0.29, 0.717) is 0 Å². The molecule has 0 aliphatic carbocycles. The van der Waals surface area contributed by atoms with Crippen LogP contribution in [0.1, 0.15) is 23.3 Å². The molecule has 0 saturated carbocycles. The fourth-order valence-corrected chi connectivity index (χ4v) is 2.96. The highest BCUT2D eigenvalue weighted by Crippen LogP contribution is 2.29. The molecular formula is C13H18N2O2S. The fraction of sp³-hybridized carbons (Fsp3) is 0.615. The zero-order chi connectivity index (χ0) is 12.8. The highest BCUT2D eigenvalue weighted by atomic mass is 32.1. The number of hydrogen-bond acceptors (Lipinski definition) is 5. The first kappa shape index (κ1) is 13.5. The first-order valence-electron chi connectivity index (χ1n) is 6.15. The van der Waals surface area contributed by atoms with Crippen LogP contribution >= 0.6 is 11.3 Å². The molecule has 5 heteroatoms. The monoisotopic (exact) mass is 266 g/mol. The van der Waals surface area contributed by atoms with Gasteiger partial charge in [-0.25, -0.2) is 0 Å². The van der Waals surface area contributed by atoms with Gasteiger partial charge < -0.3 is 15.2 Å². The van der Waals surface area contributed by atoms with Gasteiger partial charge in [0.1, 0.15) is 6.07 Å². The van der Waals surface area contributed by atoms with Gasteiger partial charge in [0.05, 0.1) is 12.2 Å². The molecule has 1 aliphatic heterocycles. The minimum Gasteiger partial charge on any atom is -0.396 e. The SMILES string of the molecule is N#Cc1csc(CNCC2(CO)CCOCC2)c1. The van der Waals surface area contributed by atoms with Crippen molar-refractivity contribution < 1.29 is 9.84 Å². The number of hydrogen-bond donors (Lipinski definition) is 2. The molecule has 1 saturated heterocycles. The third kappa shape index (κ3) is 3.30. The largest absolute Gasteiger partial charge is 0.396 e. The van der Waals surface area contributed by atoms with Crippen LogP contribution in [0.5, 0.6) is 0 Å². The smallest absolute Gasteiger partial charge is 0.100 e. The molecular weight excluding hydrogens is 248 g/mol. The van der Waals surface area contributed by atoms with Crippen LogP contribution < -0.4 is 5.32 Å². The molecule has 2 N–H and O–H groups in total. The van der Waals surface area contributed by atoms with Gasteiger partial charge in [0.25, 0.3) is 0 Å². The third-order valence-electron chi connectivity index (χ3n) is 3.47. The zero-order valence-corrected chi connectivity index (χ0v) is 11.1. The summed E-state index contributed by atoms with van der Waals surface area (Å²) >= 11 is 1.60. The second kappa shape index (κ2) is 6.30. The standard InChI is InChI=1S/C13H18N2O2S/c14-6-11-5-12(18-8-11)7-15-9-13(10-16)1-3-17-4-2-13/h5,8,15-16H,1-4,7,9-10H2. The van der Waals surface area contributed by atoms with Gasteiger partial charge in [0.15, 0.2) is 0 Å². The maximum atomic E-state index is 9.54. The van der Waals surface area contributed by atoms with Crippen LogP contribution in [0.2, 0.25) is 0 Å². The fourth-order valence-electron chi connectivity index (χ4n) is 2.18. The molecule has 4 nitrogen and oxygen atoms in total. The molecule has 0 aromatic carbocycles. The summed E-state index contributed by atoms with van der Waals surface area (Å²) in [4.78, 5) is 1.16. The van der Waals surface area contributed by atoms with Crippen molar-refractivity contribution in [2.24, 2.45) is 5.41 Å². The zero-order valence-electron chi connectivity index (χ0n) is 10.3. The molecule has 2 heterocycles. The minimum atomic E-state index is -0.0342. The lowest BCUT2D eigenvalue weighted by Crippen LogP contribution is -2.41. The van der Waals surface area contributed by atoms with Gasteiger partial charge in [-0.2, -0.15) is 5.26 Å². The van der Waals surface area contributed by atoms with Crippen LogP contribution in [-0.2, 0) is 11.3 Å². The number of nitrogens with one attached hydrogen (secondary N) is 1. The number of nitriles is 1. The van der Waals surface area contributed by atoms with Gasteiger partial charge in [-0.3, -0.25) is 0 Å². The maximum absolute atomic E-state index is 9.54. The van der Waals surface area contributed by atoms with E-state index in [0.717, 1.165) is 49.6 Å². The Hall–Kier alpha value is -0.930. The van der Waals surface area contributed by atoms with Crippen LogP contribution in [0.25, 0.3) is 0 Å². The Morgan fingerprint density at radius 3 is 2.89 bits per heavy atom. The number of rotatable bonds is 5. The van der Waals surface area contributed by atoms with Gasteiger partial charge in [-0.1, -0.05) is 0 Å².